The van der Waals surface area contributed by atoms with Crippen LogP contribution in [0, 0.1) is 12.8 Å². The predicted molar refractivity (Wildman–Crippen MR) is 70.0 cm³/mol. The molecule has 0 saturated carbocycles. The minimum atomic E-state index is 0.509. The van der Waals surface area contributed by atoms with Crippen LogP contribution in [-0.2, 0) is 6.42 Å². The number of nitrogens with two attached hydrogens (primary N) is 1. The van der Waals surface area contributed by atoms with Gasteiger partial charge in [-0.2, -0.15) is 0 Å². The van der Waals surface area contributed by atoms with Crippen LogP contribution in [0.5, 0.6) is 0 Å². The Hall–Kier alpha value is -0.990. The Bertz CT molecular complexity index is 502. The Labute approximate surface area is 101 Å². The highest BCUT2D eigenvalue weighted by Crippen LogP contribution is 2.28. The molecule has 1 aromatic heterocycles. The second-order valence-electron chi connectivity index (χ2n) is 4.45. The van der Waals surface area contributed by atoms with Crippen LogP contribution in [0.15, 0.2) is 18.3 Å². The molecule has 0 amide bonds. The number of hydrogen-bond acceptors (Lipinski definition) is 1. The number of aromatic nitrogens is 1. The number of nitrogens with one attached hydrogen (secondary N) is 1. The molecule has 0 spiro atoms. The first-order valence-electron chi connectivity index (χ1n) is 5.58. The third kappa shape index (κ3) is 1.95. The van der Waals surface area contributed by atoms with Crippen LogP contribution in [0.25, 0.3) is 10.9 Å². The highest BCUT2D eigenvalue weighted by molar-refractivity contribution is 6.32. The minimum Gasteiger partial charge on any atom is -0.361 e. The van der Waals surface area contributed by atoms with Crippen LogP contribution in [-0.4, -0.2) is 11.5 Å². The van der Waals surface area contributed by atoms with Gasteiger partial charge in [0.25, 0.3) is 0 Å². The zero-order chi connectivity index (χ0) is 11.7. The maximum Gasteiger partial charge on any atom is 0.0501 e. The molecule has 0 radical (unpaired) electrons. The number of halogens is 1. The van der Waals surface area contributed by atoms with Crippen molar-refractivity contribution < 1.29 is 0 Å². The summed E-state index contributed by atoms with van der Waals surface area (Å²) in [6.07, 6.45) is 3.08. The molecule has 0 fully saturated rings. The van der Waals surface area contributed by atoms with Crippen LogP contribution in [0.2, 0.25) is 5.02 Å². The van der Waals surface area contributed by atoms with Gasteiger partial charge in [-0.05, 0) is 43.0 Å². The fourth-order valence-electron chi connectivity index (χ4n) is 2.00. The van der Waals surface area contributed by atoms with E-state index in [2.05, 4.69) is 24.2 Å². The molecule has 16 heavy (non-hydrogen) atoms. The summed E-state index contributed by atoms with van der Waals surface area (Å²) >= 11 is 6.09. The van der Waals surface area contributed by atoms with Gasteiger partial charge in [-0.1, -0.05) is 24.6 Å². The average Bonchev–Trinajstić information content (AvgIpc) is 2.67. The van der Waals surface area contributed by atoms with Crippen LogP contribution < -0.4 is 5.73 Å². The number of aryl methyl sites for hydroxylation is 1. The average molecular weight is 237 g/mol. The quantitative estimate of drug-likeness (QED) is 0.844. The van der Waals surface area contributed by atoms with Gasteiger partial charge in [0.15, 0.2) is 0 Å². The lowest BCUT2D eigenvalue weighted by atomic mass is 10.00. The number of benzene rings is 1. The van der Waals surface area contributed by atoms with Gasteiger partial charge in [-0.3, -0.25) is 0 Å². The maximum absolute atomic E-state index is 6.09. The Kier molecular flexibility index (Phi) is 3.22. The molecule has 1 heterocycles. The Balaban J connectivity index is 2.46. The van der Waals surface area contributed by atoms with Crippen molar-refractivity contribution >= 4 is 22.5 Å². The molecule has 1 aromatic carbocycles. The van der Waals surface area contributed by atoms with Crippen molar-refractivity contribution in [3.05, 3.63) is 34.5 Å². The van der Waals surface area contributed by atoms with E-state index in [0.717, 1.165) is 29.1 Å². The number of rotatable bonds is 3. The summed E-state index contributed by atoms with van der Waals surface area (Å²) in [6.45, 7) is 4.93. The molecule has 2 rings (SSSR count). The number of H-pyrrole nitrogens is 1. The van der Waals surface area contributed by atoms with Gasteiger partial charge in [0.05, 0.1) is 5.52 Å². The largest absolute Gasteiger partial charge is 0.361 e. The van der Waals surface area contributed by atoms with Crippen molar-refractivity contribution in [2.75, 3.05) is 6.54 Å². The summed E-state index contributed by atoms with van der Waals surface area (Å²) in [5.41, 5.74) is 9.24. The van der Waals surface area contributed by atoms with E-state index in [9.17, 15) is 0 Å². The standard InChI is InChI=1S/C13H17ClN2/c1-8(6-15)5-10-7-16-13-9(2)12(14)4-3-11(10)13/h3-4,7-8,16H,5-6,15H2,1-2H3. The molecule has 0 saturated heterocycles. The molecule has 1 unspecified atom stereocenters. The Morgan fingerprint density at radius 3 is 2.88 bits per heavy atom. The van der Waals surface area contributed by atoms with Crippen molar-refractivity contribution in [2.45, 2.75) is 20.3 Å². The molecule has 86 valence electrons. The van der Waals surface area contributed by atoms with Gasteiger partial charge in [-0.25, -0.2) is 0 Å². The molecular weight excluding hydrogens is 220 g/mol. The summed E-state index contributed by atoms with van der Waals surface area (Å²) in [7, 11) is 0. The van der Waals surface area contributed by atoms with Gasteiger partial charge in [-0.15, -0.1) is 0 Å². The van der Waals surface area contributed by atoms with E-state index < -0.39 is 0 Å². The minimum absolute atomic E-state index is 0.509. The van der Waals surface area contributed by atoms with E-state index in [1.54, 1.807) is 0 Å². The summed E-state index contributed by atoms with van der Waals surface area (Å²) in [4.78, 5) is 3.30. The number of aromatic amines is 1. The molecule has 2 aromatic rings. The van der Waals surface area contributed by atoms with E-state index in [4.69, 9.17) is 17.3 Å². The lowest BCUT2D eigenvalue weighted by Crippen LogP contribution is -2.12. The van der Waals surface area contributed by atoms with Gasteiger partial charge in [0.2, 0.25) is 0 Å². The fraction of sp³-hybridized carbons (Fsp3) is 0.385. The SMILES string of the molecule is Cc1c(Cl)ccc2c(CC(C)CN)c[nH]c12. The molecule has 0 aliphatic rings. The summed E-state index contributed by atoms with van der Waals surface area (Å²) < 4.78 is 0. The lowest BCUT2D eigenvalue weighted by Gasteiger charge is -2.07. The van der Waals surface area contributed by atoms with Gasteiger partial charge >= 0.3 is 0 Å². The summed E-state index contributed by atoms with van der Waals surface area (Å²) in [5, 5.41) is 2.08. The lowest BCUT2D eigenvalue weighted by molar-refractivity contribution is 0.595. The van der Waals surface area contributed by atoms with Crippen LogP contribution >= 0.6 is 11.6 Å². The molecule has 0 bridgehead atoms. The summed E-state index contributed by atoms with van der Waals surface area (Å²) in [6, 6.07) is 4.05. The topological polar surface area (TPSA) is 41.8 Å². The molecule has 3 N–H and O–H groups in total. The van der Waals surface area contributed by atoms with E-state index in [-0.39, 0.29) is 0 Å². The van der Waals surface area contributed by atoms with Crippen molar-refractivity contribution in [1.82, 2.24) is 4.98 Å². The van der Waals surface area contributed by atoms with Crippen LogP contribution in [0.4, 0.5) is 0 Å². The first-order chi connectivity index (χ1) is 7.63. The Morgan fingerprint density at radius 1 is 1.44 bits per heavy atom. The Morgan fingerprint density at radius 2 is 2.19 bits per heavy atom. The maximum atomic E-state index is 6.09. The predicted octanol–water partition coefficient (Wildman–Crippen LogP) is 3.27. The monoisotopic (exact) mass is 236 g/mol. The molecule has 2 nitrogen and oxygen atoms in total. The molecular formula is C13H17ClN2. The van der Waals surface area contributed by atoms with Gasteiger partial charge in [0, 0.05) is 16.6 Å². The molecule has 0 aliphatic carbocycles. The number of hydrogen-bond donors (Lipinski definition) is 2. The van der Waals surface area contributed by atoms with Crippen LogP contribution in [0.3, 0.4) is 0 Å². The third-order valence-corrected chi connectivity index (χ3v) is 3.52. The van der Waals surface area contributed by atoms with Crippen molar-refractivity contribution in [1.29, 1.82) is 0 Å². The smallest absolute Gasteiger partial charge is 0.0501 e. The molecule has 1 atom stereocenters. The second kappa shape index (κ2) is 4.48. The van der Waals surface area contributed by atoms with Crippen molar-refractivity contribution in [2.24, 2.45) is 11.7 Å². The third-order valence-electron chi connectivity index (χ3n) is 3.11. The van der Waals surface area contributed by atoms with E-state index in [1.165, 1.54) is 10.9 Å². The van der Waals surface area contributed by atoms with E-state index in [1.807, 2.05) is 13.0 Å². The second-order valence-corrected chi connectivity index (χ2v) is 4.86. The molecule has 0 aliphatic heterocycles. The zero-order valence-corrected chi connectivity index (χ0v) is 10.4. The van der Waals surface area contributed by atoms with Crippen LogP contribution in [0.1, 0.15) is 18.1 Å². The van der Waals surface area contributed by atoms with Gasteiger partial charge < -0.3 is 10.7 Å². The van der Waals surface area contributed by atoms with E-state index >= 15 is 0 Å². The van der Waals surface area contributed by atoms with Crippen molar-refractivity contribution in [3.8, 4) is 0 Å². The normalized spacial score (nSPS) is 13.2. The van der Waals surface area contributed by atoms with Crippen molar-refractivity contribution in [3.63, 3.8) is 0 Å². The van der Waals surface area contributed by atoms with E-state index in [0.29, 0.717) is 5.92 Å². The zero-order valence-electron chi connectivity index (χ0n) is 9.68. The number of fused-ring (bicyclic) bond motifs is 1. The fourth-order valence-corrected chi connectivity index (χ4v) is 2.16. The summed E-state index contributed by atoms with van der Waals surface area (Å²) in [5.74, 6) is 0.509. The first-order valence-corrected chi connectivity index (χ1v) is 5.96. The highest BCUT2D eigenvalue weighted by atomic mass is 35.5. The van der Waals surface area contributed by atoms with Gasteiger partial charge in [0.1, 0.15) is 0 Å². The molecule has 3 heteroatoms. The first kappa shape index (κ1) is 11.5. The highest BCUT2D eigenvalue weighted by Gasteiger charge is 2.10.